The minimum Gasteiger partial charge on any atom is -0.0496 e. The molecule has 0 heterocycles. The third-order valence-corrected chi connectivity index (χ3v) is 6.81. The first-order valence-corrected chi connectivity index (χ1v) is 7.10. The molecule has 4 bridgehead atoms. The molecule has 8 atom stereocenters. The Morgan fingerprint density at radius 1 is 0.867 bits per heavy atom. The summed E-state index contributed by atoms with van der Waals surface area (Å²) in [6.45, 7) is 0. The van der Waals surface area contributed by atoms with E-state index in [2.05, 4.69) is 12.8 Å². The van der Waals surface area contributed by atoms with Crippen molar-refractivity contribution in [2.75, 3.05) is 0 Å². The topological polar surface area (TPSA) is 0 Å². The molecule has 15 heavy (non-hydrogen) atoms. The van der Waals surface area contributed by atoms with Gasteiger partial charge >= 0.3 is 0 Å². The molecule has 0 amide bonds. The summed E-state index contributed by atoms with van der Waals surface area (Å²) in [6.07, 6.45) is 13.1. The average molecular weight is 200 g/mol. The Morgan fingerprint density at radius 2 is 1.87 bits per heavy atom. The smallest absolute Gasteiger partial charge is 0.0318 e. The van der Waals surface area contributed by atoms with Crippen LogP contribution in [0.25, 0.3) is 0 Å². The van der Waals surface area contributed by atoms with Crippen molar-refractivity contribution in [2.24, 2.45) is 47.3 Å². The lowest BCUT2D eigenvalue weighted by Crippen LogP contribution is -2.36. The van der Waals surface area contributed by atoms with E-state index < -0.39 is 0 Å². The van der Waals surface area contributed by atoms with Crippen molar-refractivity contribution in [1.82, 2.24) is 0 Å². The summed E-state index contributed by atoms with van der Waals surface area (Å²) in [6, 6.07) is 0. The van der Waals surface area contributed by atoms with Gasteiger partial charge in [0.05, 0.1) is 0 Å². The SMILES string of the molecule is [CH]1CC2CC1C1C3CC(C4[CH]CCC43)C21. The van der Waals surface area contributed by atoms with Crippen molar-refractivity contribution in [3.05, 3.63) is 12.8 Å². The largest absolute Gasteiger partial charge is 0.0496 e. The molecule has 5 aliphatic rings. The first kappa shape index (κ1) is 8.14. The maximum absolute atomic E-state index is 2.71. The summed E-state index contributed by atoms with van der Waals surface area (Å²) in [5.74, 6) is 9.08. The Hall–Kier alpha value is 0. The number of fused-ring (bicyclic) bond motifs is 12. The molecule has 0 spiro atoms. The van der Waals surface area contributed by atoms with Gasteiger partial charge in [0.2, 0.25) is 0 Å². The van der Waals surface area contributed by atoms with E-state index in [1.54, 1.807) is 19.3 Å². The lowest BCUT2D eigenvalue weighted by molar-refractivity contribution is 0.0974. The molecule has 0 heteroatoms. The number of hydrogen-bond acceptors (Lipinski definition) is 0. The average Bonchev–Trinajstić information content (AvgIpc) is 3.03. The van der Waals surface area contributed by atoms with Gasteiger partial charge in [-0.05, 0) is 92.3 Å². The fourth-order valence-corrected chi connectivity index (χ4v) is 6.70. The standard InChI is InChI=1S/C15H20/c1-2-10-11(3-1)13-7-12(10)14-8-4-5-9(6-8)15(13)14/h2,5,8-15H,1,3-4,6-7H2. The number of hydrogen-bond donors (Lipinski definition) is 0. The van der Waals surface area contributed by atoms with Crippen molar-refractivity contribution >= 4 is 0 Å². The zero-order chi connectivity index (χ0) is 9.57. The van der Waals surface area contributed by atoms with E-state index in [9.17, 15) is 0 Å². The van der Waals surface area contributed by atoms with Crippen LogP contribution in [-0.4, -0.2) is 0 Å². The van der Waals surface area contributed by atoms with Crippen molar-refractivity contribution < 1.29 is 0 Å². The Labute approximate surface area is 92.8 Å². The molecular formula is C15H20. The quantitative estimate of drug-likeness (QED) is 0.526. The van der Waals surface area contributed by atoms with E-state index in [0.717, 1.165) is 35.5 Å². The second-order valence-corrected chi connectivity index (χ2v) is 6.90. The van der Waals surface area contributed by atoms with Crippen molar-refractivity contribution in [2.45, 2.75) is 32.1 Å². The van der Waals surface area contributed by atoms with Gasteiger partial charge in [0, 0.05) is 0 Å². The van der Waals surface area contributed by atoms with Crippen molar-refractivity contribution in [1.29, 1.82) is 0 Å². The van der Waals surface area contributed by atoms with Crippen LogP contribution < -0.4 is 0 Å². The molecule has 0 aromatic carbocycles. The van der Waals surface area contributed by atoms with Gasteiger partial charge in [-0.3, -0.25) is 0 Å². The molecule has 2 radical (unpaired) electrons. The zero-order valence-corrected chi connectivity index (χ0v) is 9.31. The predicted molar refractivity (Wildman–Crippen MR) is 59.6 cm³/mol. The van der Waals surface area contributed by atoms with Crippen LogP contribution >= 0.6 is 0 Å². The van der Waals surface area contributed by atoms with Crippen LogP contribution in [0, 0.1) is 60.2 Å². The van der Waals surface area contributed by atoms with Crippen molar-refractivity contribution in [3.8, 4) is 0 Å². The summed E-state index contributed by atoms with van der Waals surface area (Å²) < 4.78 is 0. The normalized spacial score (nSPS) is 68.8. The minimum atomic E-state index is 1.07. The molecule has 8 unspecified atom stereocenters. The zero-order valence-electron chi connectivity index (χ0n) is 9.31. The molecule has 5 rings (SSSR count). The summed E-state index contributed by atoms with van der Waals surface area (Å²) in [7, 11) is 0. The second kappa shape index (κ2) is 2.46. The molecule has 0 aromatic rings. The van der Waals surface area contributed by atoms with Crippen LogP contribution in [0.1, 0.15) is 32.1 Å². The van der Waals surface area contributed by atoms with Crippen LogP contribution in [0.2, 0.25) is 0 Å². The summed E-state index contributed by atoms with van der Waals surface area (Å²) >= 11 is 0. The molecule has 0 aromatic heterocycles. The fraction of sp³-hybridized carbons (Fsp3) is 0.867. The maximum Gasteiger partial charge on any atom is -0.0318 e. The van der Waals surface area contributed by atoms with Crippen LogP contribution in [-0.2, 0) is 0 Å². The summed E-state index contributed by atoms with van der Waals surface area (Å²) in [5, 5.41) is 0. The lowest BCUT2D eigenvalue weighted by atomic mass is 9.64. The van der Waals surface area contributed by atoms with E-state index in [4.69, 9.17) is 0 Å². The Bertz CT molecular complexity index is 279. The molecule has 0 N–H and O–H groups in total. The Kier molecular flexibility index (Phi) is 1.34. The molecule has 5 saturated carbocycles. The van der Waals surface area contributed by atoms with Gasteiger partial charge < -0.3 is 0 Å². The van der Waals surface area contributed by atoms with E-state index in [-0.39, 0.29) is 0 Å². The molecular weight excluding hydrogens is 180 g/mol. The van der Waals surface area contributed by atoms with E-state index >= 15 is 0 Å². The van der Waals surface area contributed by atoms with Crippen LogP contribution in [0.3, 0.4) is 0 Å². The van der Waals surface area contributed by atoms with Crippen LogP contribution in [0.15, 0.2) is 0 Å². The van der Waals surface area contributed by atoms with E-state index in [1.807, 2.05) is 0 Å². The van der Waals surface area contributed by atoms with Gasteiger partial charge in [0.25, 0.3) is 0 Å². The molecule has 0 saturated heterocycles. The minimum absolute atomic E-state index is 1.07. The highest BCUT2D eigenvalue weighted by atomic mass is 14.7. The first-order chi connectivity index (χ1) is 7.43. The van der Waals surface area contributed by atoms with E-state index in [0.29, 0.717) is 0 Å². The highest BCUT2D eigenvalue weighted by Crippen LogP contribution is 2.72. The van der Waals surface area contributed by atoms with Gasteiger partial charge in [0.1, 0.15) is 0 Å². The Morgan fingerprint density at radius 3 is 2.87 bits per heavy atom. The predicted octanol–water partition coefficient (Wildman–Crippen LogP) is 3.34. The summed E-state index contributed by atoms with van der Waals surface area (Å²) in [4.78, 5) is 0. The molecule has 5 aliphatic carbocycles. The highest BCUT2D eigenvalue weighted by Gasteiger charge is 2.65. The molecule has 5 fully saturated rings. The van der Waals surface area contributed by atoms with Gasteiger partial charge in [0.15, 0.2) is 0 Å². The lowest BCUT2D eigenvalue weighted by Gasteiger charge is -2.40. The highest BCUT2D eigenvalue weighted by molar-refractivity contribution is 5.19. The number of rotatable bonds is 0. The van der Waals surface area contributed by atoms with E-state index in [1.165, 1.54) is 24.7 Å². The third-order valence-electron chi connectivity index (χ3n) is 6.81. The van der Waals surface area contributed by atoms with Gasteiger partial charge in [-0.25, -0.2) is 0 Å². The van der Waals surface area contributed by atoms with Crippen LogP contribution in [0.4, 0.5) is 0 Å². The van der Waals surface area contributed by atoms with Gasteiger partial charge in [-0.1, -0.05) is 0 Å². The molecule has 0 aliphatic heterocycles. The fourth-order valence-electron chi connectivity index (χ4n) is 6.70. The van der Waals surface area contributed by atoms with Gasteiger partial charge in [-0.15, -0.1) is 0 Å². The first-order valence-electron chi connectivity index (χ1n) is 7.10. The molecule has 80 valence electrons. The molecule has 0 nitrogen and oxygen atoms in total. The van der Waals surface area contributed by atoms with Gasteiger partial charge in [-0.2, -0.15) is 0 Å². The Balaban J connectivity index is 1.59. The monoisotopic (exact) mass is 200 g/mol. The van der Waals surface area contributed by atoms with Crippen LogP contribution in [0.5, 0.6) is 0 Å². The maximum atomic E-state index is 2.71. The second-order valence-electron chi connectivity index (χ2n) is 6.90. The summed E-state index contributed by atoms with van der Waals surface area (Å²) in [5.41, 5.74) is 0. The van der Waals surface area contributed by atoms with Crippen molar-refractivity contribution in [3.63, 3.8) is 0 Å². The third kappa shape index (κ3) is 0.775.